The van der Waals surface area contributed by atoms with E-state index >= 15 is 0 Å². The number of likely N-dealkylation sites (tertiary alicyclic amines) is 1. The summed E-state index contributed by atoms with van der Waals surface area (Å²) in [5, 5.41) is 0. The lowest BCUT2D eigenvalue weighted by Crippen LogP contribution is -2.52. The Morgan fingerprint density at radius 3 is 2.12 bits per heavy atom. The van der Waals surface area contributed by atoms with Gasteiger partial charge in [0.2, 0.25) is 5.91 Å². The number of carbonyl (C=O) groups is 1. The quantitative estimate of drug-likeness (QED) is 0.846. The molecule has 134 valence electrons. The SMILES string of the molecule is NC(CC(=O)N1CCC(C(F)(F)F)(C(F)(F)F)C1)c1ccccc1. The molecule has 1 aliphatic rings. The number of alkyl halides is 6. The monoisotopic (exact) mass is 354 g/mol. The third kappa shape index (κ3) is 3.35. The van der Waals surface area contributed by atoms with E-state index in [1.807, 2.05) is 0 Å². The maximum atomic E-state index is 13.0. The predicted octanol–water partition coefficient (Wildman–Crippen LogP) is 3.42. The van der Waals surface area contributed by atoms with Crippen LogP contribution >= 0.6 is 0 Å². The Kier molecular flexibility index (Phi) is 4.85. The van der Waals surface area contributed by atoms with Crippen molar-refractivity contribution in [1.82, 2.24) is 4.90 Å². The van der Waals surface area contributed by atoms with Gasteiger partial charge in [0.05, 0.1) is 0 Å². The summed E-state index contributed by atoms with van der Waals surface area (Å²) in [5.41, 5.74) is 2.53. The lowest BCUT2D eigenvalue weighted by atomic mass is 9.85. The van der Waals surface area contributed by atoms with Crippen molar-refractivity contribution in [3.05, 3.63) is 35.9 Å². The van der Waals surface area contributed by atoms with E-state index in [0.29, 0.717) is 10.5 Å². The zero-order valence-corrected chi connectivity index (χ0v) is 12.5. The molecule has 1 amide bonds. The minimum absolute atomic E-state index is 0.351. The van der Waals surface area contributed by atoms with Gasteiger partial charge in [0, 0.05) is 25.6 Å². The number of hydrogen-bond acceptors (Lipinski definition) is 2. The van der Waals surface area contributed by atoms with Crippen LogP contribution < -0.4 is 5.73 Å². The Hall–Kier alpha value is -1.77. The summed E-state index contributed by atoms with van der Waals surface area (Å²) in [6.45, 7) is -2.01. The highest BCUT2D eigenvalue weighted by molar-refractivity contribution is 5.77. The lowest BCUT2D eigenvalue weighted by molar-refractivity contribution is -0.334. The number of carbonyl (C=O) groups excluding carboxylic acids is 1. The Labute approximate surface area is 134 Å². The molecule has 1 aromatic carbocycles. The molecular formula is C15H16F6N2O. The van der Waals surface area contributed by atoms with Crippen LogP contribution in [0.25, 0.3) is 0 Å². The maximum absolute atomic E-state index is 13.0. The highest BCUT2D eigenvalue weighted by Gasteiger charge is 2.72. The van der Waals surface area contributed by atoms with Crippen molar-refractivity contribution in [3.63, 3.8) is 0 Å². The lowest BCUT2D eigenvalue weighted by Gasteiger charge is -2.33. The Bertz CT molecular complexity index is 570. The van der Waals surface area contributed by atoms with E-state index in [2.05, 4.69) is 0 Å². The number of benzene rings is 1. The molecule has 24 heavy (non-hydrogen) atoms. The molecule has 1 aliphatic heterocycles. The molecule has 0 radical (unpaired) electrons. The third-order valence-corrected chi connectivity index (χ3v) is 4.33. The first-order valence-corrected chi connectivity index (χ1v) is 7.20. The van der Waals surface area contributed by atoms with Gasteiger partial charge in [-0.25, -0.2) is 0 Å². The molecule has 2 N–H and O–H groups in total. The van der Waals surface area contributed by atoms with Crippen molar-refractivity contribution in [3.8, 4) is 0 Å². The van der Waals surface area contributed by atoms with Crippen LogP contribution in [0.1, 0.15) is 24.4 Å². The summed E-state index contributed by atoms with van der Waals surface area (Å²) in [6, 6.07) is 7.56. The van der Waals surface area contributed by atoms with Gasteiger partial charge in [0.25, 0.3) is 0 Å². The molecule has 2 rings (SSSR count). The summed E-state index contributed by atoms with van der Waals surface area (Å²) in [4.78, 5) is 12.7. The van der Waals surface area contributed by atoms with Gasteiger partial charge in [-0.05, 0) is 12.0 Å². The van der Waals surface area contributed by atoms with Crippen molar-refractivity contribution in [2.45, 2.75) is 31.2 Å². The van der Waals surface area contributed by atoms with Crippen molar-refractivity contribution < 1.29 is 31.1 Å². The molecule has 1 atom stereocenters. The molecule has 0 bridgehead atoms. The van der Waals surface area contributed by atoms with Crippen molar-refractivity contribution >= 4 is 5.91 Å². The zero-order chi connectivity index (χ0) is 18.2. The van der Waals surface area contributed by atoms with Crippen LogP contribution in [-0.4, -0.2) is 36.2 Å². The van der Waals surface area contributed by atoms with Crippen LogP contribution in [0.4, 0.5) is 26.3 Å². The number of amides is 1. The van der Waals surface area contributed by atoms with Crippen molar-refractivity contribution in [2.24, 2.45) is 11.1 Å². The first kappa shape index (κ1) is 18.6. The Morgan fingerprint density at radius 1 is 1.12 bits per heavy atom. The minimum Gasteiger partial charge on any atom is -0.341 e. The van der Waals surface area contributed by atoms with E-state index in [0.717, 1.165) is 0 Å². The molecule has 1 unspecified atom stereocenters. The highest BCUT2D eigenvalue weighted by Crippen LogP contribution is 2.55. The third-order valence-electron chi connectivity index (χ3n) is 4.33. The number of halogens is 6. The van der Waals surface area contributed by atoms with Crippen LogP contribution in [0.5, 0.6) is 0 Å². The molecule has 0 aliphatic carbocycles. The van der Waals surface area contributed by atoms with E-state index in [1.165, 1.54) is 0 Å². The second-order valence-corrected chi connectivity index (χ2v) is 5.86. The van der Waals surface area contributed by atoms with Crippen LogP contribution in [0.2, 0.25) is 0 Å². The zero-order valence-electron chi connectivity index (χ0n) is 12.5. The molecule has 0 aromatic heterocycles. The fourth-order valence-electron chi connectivity index (χ4n) is 2.78. The molecule has 1 heterocycles. The number of nitrogens with zero attached hydrogens (tertiary/aromatic N) is 1. The number of hydrogen-bond donors (Lipinski definition) is 1. The van der Waals surface area contributed by atoms with Gasteiger partial charge in [0.1, 0.15) is 0 Å². The summed E-state index contributed by atoms with van der Waals surface area (Å²) >= 11 is 0. The van der Waals surface area contributed by atoms with Crippen LogP contribution in [-0.2, 0) is 4.79 Å². The maximum Gasteiger partial charge on any atom is 0.404 e. The topological polar surface area (TPSA) is 46.3 Å². The van der Waals surface area contributed by atoms with E-state index in [-0.39, 0.29) is 6.42 Å². The average molecular weight is 354 g/mol. The van der Waals surface area contributed by atoms with E-state index < -0.39 is 49.2 Å². The van der Waals surface area contributed by atoms with Crippen LogP contribution in [0.15, 0.2) is 30.3 Å². The van der Waals surface area contributed by atoms with E-state index in [9.17, 15) is 31.1 Å². The van der Waals surface area contributed by atoms with Crippen LogP contribution in [0, 0.1) is 5.41 Å². The molecule has 1 aromatic rings. The first-order valence-electron chi connectivity index (χ1n) is 7.20. The number of rotatable bonds is 3. The molecule has 9 heteroatoms. The summed E-state index contributed by atoms with van der Waals surface area (Å²) < 4.78 is 78.0. The summed E-state index contributed by atoms with van der Waals surface area (Å²) in [5.74, 6) is -0.818. The Morgan fingerprint density at radius 2 is 1.67 bits per heavy atom. The van der Waals surface area contributed by atoms with Crippen LogP contribution in [0.3, 0.4) is 0 Å². The molecule has 0 saturated carbocycles. The normalized spacial score (nSPS) is 19.4. The van der Waals surface area contributed by atoms with Gasteiger partial charge in [-0.2, -0.15) is 26.3 Å². The van der Waals surface area contributed by atoms with Gasteiger partial charge < -0.3 is 10.6 Å². The van der Waals surface area contributed by atoms with Gasteiger partial charge in [-0.1, -0.05) is 30.3 Å². The molecular weight excluding hydrogens is 338 g/mol. The molecule has 1 saturated heterocycles. The largest absolute Gasteiger partial charge is 0.404 e. The van der Waals surface area contributed by atoms with E-state index in [1.54, 1.807) is 30.3 Å². The summed E-state index contributed by atoms with van der Waals surface area (Å²) in [7, 11) is 0. The smallest absolute Gasteiger partial charge is 0.341 e. The standard InChI is InChI=1S/C15H16F6N2O/c16-14(17,18)13(15(19,20)21)6-7-23(9-13)12(24)8-11(22)10-4-2-1-3-5-10/h1-5,11H,6-9,22H2. The fraction of sp³-hybridized carbons (Fsp3) is 0.533. The molecule has 1 fully saturated rings. The first-order chi connectivity index (χ1) is 11.0. The highest BCUT2D eigenvalue weighted by atomic mass is 19.4. The average Bonchev–Trinajstić information content (AvgIpc) is 2.94. The van der Waals surface area contributed by atoms with Gasteiger partial charge in [-0.3, -0.25) is 4.79 Å². The van der Waals surface area contributed by atoms with Gasteiger partial charge >= 0.3 is 12.4 Å². The van der Waals surface area contributed by atoms with Gasteiger partial charge in [0.15, 0.2) is 5.41 Å². The number of nitrogens with two attached hydrogens (primary N) is 1. The molecule has 0 spiro atoms. The van der Waals surface area contributed by atoms with Crippen molar-refractivity contribution in [1.29, 1.82) is 0 Å². The summed E-state index contributed by atoms with van der Waals surface area (Å²) in [6.07, 6.45) is -12.5. The second-order valence-electron chi connectivity index (χ2n) is 5.86. The molecule has 3 nitrogen and oxygen atoms in total. The second kappa shape index (κ2) is 6.27. The van der Waals surface area contributed by atoms with E-state index in [4.69, 9.17) is 5.73 Å². The van der Waals surface area contributed by atoms with Crippen molar-refractivity contribution in [2.75, 3.05) is 13.1 Å². The Balaban J connectivity index is 2.10. The minimum atomic E-state index is -5.47. The predicted molar refractivity (Wildman–Crippen MR) is 73.7 cm³/mol. The fourth-order valence-corrected chi connectivity index (χ4v) is 2.78. The van der Waals surface area contributed by atoms with Gasteiger partial charge in [-0.15, -0.1) is 0 Å².